The zero-order valence-corrected chi connectivity index (χ0v) is 17.1. The number of nitrogens with one attached hydrogen (secondary N) is 2. The maximum Gasteiger partial charge on any atom is 0.191 e. The molecule has 1 heterocycles. The number of rotatable bonds is 10. The van der Waals surface area contributed by atoms with Crippen LogP contribution >= 0.6 is 11.8 Å². The monoisotopic (exact) mass is 417 g/mol. The molecule has 2 aromatic carbocycles. The maximum atomic E-state index is 13.0. The molecule has 0 saturated carbocycles. The molecule has 29 heavy (non-hydrogen) atoms. The van der Waals surface area contributed by atoms with Gasteiger partial charge in [-0.15, -0.1) is 10.2 Å². The van der Waals surface area contributed by atoms with E-state index in [2.05, 4.69) is 20.8 Å². The SMILES string of the molecule is CCn1c(CNc2ccc(F)cc2)nnc1SCC(O)Nc1ccccc1OC. The molecule has 0 fully saturated rings. The highest BCUT2D eigenvalue weighted by Gasteiger charge is 2.14. The quantitative estimate of drug-likeness (QED) is 0.343. The molecule has 0 spiro atoms. The molecular weight excluding hydrogens is 393 g/mol. The molecule has 1 unspecified atom stereocenters. The van der Waals surface area contributed by atoms with Crippen molar-refractivity contribution in [2.75, 3.05) is 23.5 Å². The molecule has 0 aliphatic heterocycles. The van der Waals surface area contributed by atoms with Crippen molar-refractivity contribution in [2.45, 2.75) is 31.4 Å². The fraction of sp³-hybridized carbons (Fsp3) is 0.300. The van der Waals surface area contributed by atoms with E-state index in [9.17, 15) is 9.50 Å². The van der Waals surface area contributed by atoms with Crippen molar-refractivity contribution in [3.05, 3.63) is 60.2 Å². The highest BCUT2D eigenvalue weighted by molar-refractivity contribution is 7.99. The normalized spacial score (nSPS) is 11.9. The second-order valence-corrected chi connectivity index (χ2v) is 7.16. The van der Waals surface area contributed by atoms with E-state index in [-0.39, 0.29) is 5.82 Å². The molecule has 0 aliphatic carbocycles. The number of benzene rings is 2. The van der Waals surface area contributed by atoms with Crippen molar-refractivity contribution < 1.29 is 14.2 Å². The standard InChI is InChI=1S/C20H24FN5O2S/c1-3-26-18(12-22-15-10-8-14(21)9-11-15)24-25-20(26)29-13-19(27)23-16-6-4-5-7-17(16)28-2/h4-11,19,22-23,27H,3,12-13H2,1-2H3. The number of hydrogen-bond acceptors (Lipinski definition) is 7. The zero-order chi connectivity index (χ0) is 20.6. The van der Waals surface area contributed by atoms with Gasteiger partial charge in [-0.1, -0.05) is 23.9 Å². The first kappa shape index (κ1) is 20.9. The molecule has 3 rings (SSSR count). The van der Waals surface area contributed by atoms with Crippen LogP contribution in [0.2, 0.25) is 0 Å². The molecule has 7 nitrogen and oxygen atoms in total. The van der Waals surface area contributed by atoms with Crippen molar-refractivity contribution in [3.63, 3.8) is 0 Å². The number of para-hydroxylation sites is 2. The summed E-state index contributed by atoms with van der Waals surface area (Å²) in [4.78, 5) is 0. The summed E-state index contributed by atoms with van der Waals surface area (Å²) in [7, 11) is 1.59. The van der Waals surface area contributed by atoms with Crippen LogP contribution in [0.5, 0.6) is 5.75 Å². The highest BCUT2D eigenvalue weighted by atomic mass is 32.2. The van der Waals surface area contributed by atoms with Crippen LogP contribution in [0.4, 0.5) is 15.8 Å². The second kappa shape index (κ2) is 10.1. The Morgan fingerprint density at radius 2 is 1.93 bits per heavy atom. The molecule has 1 aromatic heterocycles. The average molecular weight is 418 g/mol. The van der Waals surface area contributed by atoms with Gasteiger partial charge >= 0.3 is 0 Å². The average Bonchev–Trinajstić information content (AvgIpc) is 3.14. The number of ether oxygens (including phenoxy) is 1. The summed E-state index contributed by atoms with van der Waals surface area (Å²) in [6.45, 7) is 3.18. The van der Waals surface area contributed by atoms with Gasteiger partial charge in [0, 0.05) is 18.0 Å². The maximum absolute atomic E-state index is 13.0. The minimum absolute atomic E-state index is 0.272. The highest BCUT2D eigenvalue weighted by Crippen LogP contribution is 2.25. The number of methoxy groups -OCH3 is 1. The van der Waals surface area contributed by atoms with Crippen LogP contribution in [0.25, 0.3) is 0 Å². The first-order chi connectivity index (χ1) is 14.1. The molecule has 1 atom stereocenters. The zero-order valence-electron chi connectivity index (χ0n) is 16.3. The number of aromatic nitrogens is 3. The Morgan fingerprint density at radius 1 is 1.17 bits per heavy atom. The van der Waals surface area contributed by atoms with Gasteiger partial charge in [0.1, 0.15) is 17.8 Å². The fourth-order valence-electron chi connectivity index (χ4n) is 2.76. The van der Waals surface area contributed by atoms with Gasteiger partial charge in [0.25, 0.3) is 0 Å². The molecule has 154 valence electrons. The van der Waals surface area contributed by atoms with Gasteiger partial charge in [-0.05, 0) is 43.3 Å². The van der Waals surface area contributed by atoms with Gasteiger partial charge in [-0.25, -0.2) is 4.39 Å². The van der Waals surface area contributed by atoms with Crippen LogP contribution in [0.3, 0.4) is 0 Å². The Balaban J connectivity index is 1.57. The number of hydrogen-bond donors (Lipinski definition) is 3. The summed E-state index contributed by atoms with van der Waals surface area (Å²) >= 11 is 1.42. The smallest absolute Gasteiger partial charge is 0.191 e. The number of halogens is 1. The van der Waals surface area contributed by atoms with Gasteiger partial charge in [-0.3, -0.25) is 0 Å². The van der Waals surface area contributed by atoms with Crippen molar-refractivity contribution >= 4 is 23.1 Å². The Kier molecular flexibility index (Phi) is 7.31. The number of thioether (sulfide) groups is 1. The van der Waals surface area contributed by atoms with Crippen LogP contribution in [-0.2, 0) is 13.1 Å². The van der Waals surface area contributed by atoms with E-state index in [4.69, 9.17) is 4.74 Å². The van der Waals surface area contributed by atoms with E-state index in [0.717, 1.165) is 22.4 Å². The van der Waals surface area contributed by atoms with Crippen molar-refractivity contribution in [2.24, 2.45) is 0 Å². The molecule has 0 bridgehead atoms. The number of aliphatic hydroxyl groups excluding tert-OH is 1. The van der Waals surface area contributed by atoms with Gasteiger partial charge in [0.15, 0.2) is 11.0 Å². The number of aliphatic hydroxyl groups is 1. The van der Waals surface area contributed by atoms with Crippen LogP contribution in [-0.4, -0.2) is 39.0 Å². The molecule has 0 saturated heterocycles. The first-order valence-corrected chi connectivity index (χ1v) is 10.2. The minimum atomic E-state index is -0.779. The van der Waals surface area contributed by atoms with E-state index < -0.39 is 6.23 Å². The predicted molar refractivity (Wildman–Crippen MR) is 113 cm³/mol. The second-order valence-electron chi connectivity index (χ2n) is 6.17. The molecule has 3 aromatic rings. The van der Waals surface area contributed by atoms with Gasteiger partial charge in [0.2, 0.25) is 0 Å². The third kappa shape index (κ3) is 5.61. The molecule has 0 radical (unpaired) electrons. The summed E-state index contributed by atoms with van der Waals surface area (Å²) < 4.78 is 20.3. The van der Waals surface area contributed by atoms with Crippen LogP contribution < -0.4 is 15.4 Å². The molecule has 9 heteroatoms. The van der Waals surface area contributed by atoms with E-state index in [0.29, 0.717) is 24.6 Å². The Hall–Kier alpha value is -2.78. The number of nitrogens with zero attached hydrogens (tertiary/aromatic N) is 3. The first-order valence-electron chi connectivity index (χ1n) is 9.22. The van der Waals surface area contributed by atoms with Gasteiger partial charge < -0.3 is 25.0 Å². The predicted octanol–water partition coefficient (Wildman–Crippen LogP) is 3.58. The van der Waals surface area contributed by atoms with Crippen LogP contribution in [0.1, 0.15) is 12.7 Å². The minimum Gasteiger partial charge on any atom is -0.495 e. The summed E-state index contributed by atoms with van der Waals surface area (Å²) in [6.07, 6.45) is -0.779. The van der Waals surface area contributed by atoms with Crippen LogP contribution in [0, 0.1) is 5.82 Å². The lowest BCUT2D eigenvalue weighted by Crippen LogP contribution is -2.22. The lowest BCUT2D eigenvalue weighted by atomic mass is 10.3. The topological polar surface area (TPSA) is 84.2 Å². The Bertz CT molecular complexity index is 919. The molecule has 0 amide bonds. The molecule has 3 N–H and O–H groups in total. The van der Waals surface area contributed by atoms with E-state index in [1.807, 2.05) is 35.8 Å². The van der Waals surface area contributed by atoms with Gasteiger partial charge in [-0.2, -0.15) is 0 Å². The molecule has 0 aliphatic rings. The number of anilines is 2. The van der Waals surface area contributed by atoms with Crippen molar-refractivity contribution in [1.82, 2.24) is 14.8 Å². The fourth-order valence-corrected chi connectivity index (χ4v) is 3.64. The van der Waals surface area contributed by atoms with E-state index in [1.54, 1.807) is 19.2 Å². The van der Waals surface area contributed by atoms with Crippen molar-refractivity contribution in [3.8, 4) is 5.75 Å². The van der Waals surface area contributed by atoms with E-state index >= 15 is 0 Å². The van der Waals surface area contributed by atoms with E-state index in [1.165, 1.54) is 23.9 Å². The van der Waals surface area contributed by atoms with Gasteiger partial charge in [0.05, 0.1) is 19.3 Å². The largest absolute Gasteiger partial charge is 0.495 e. The molecular formula is C20H24FN5O2S. The Labute approximate surface area is 173 Å². The lowest BCUT2D eigenvalue weighted by Gasteiger charge is -2.16. The third-order valence-corrected chi connectivity index (χ3v) is 5.25. The lowest BCUT2D eigenvalue weighted by molar-refractivity contribution is 0.228. The Morgan fingerprint density at radius 3 is 2.66 bits per heavy atom. The summed E-state index contributed by atoms with van der Waals surface area (Å²) in [5, 5.41) is 25.8. The summed E-state index contributed by atoms with van der Waals surface area (Å²) in [5.41, 5.74) is 1.53. The summed E-state index contributed by atoms with van der Waals surface area (Å²) in [6, 6.07) is 13.6. The van der Waals surface area contributed by atoms with Crippen molar-refractivity contribution in [1.29, 1.82) is 0 Å². The summed E-state index contributed by atoms with van der Waals surface area (Å²) in [5.74, 6) is 1.56. The van der Waals surface area contributed by atoms with Crippen LogP contribution in [0.15, 0.2) is 53.7 Å². The third-order valence-electron chi connectivity index (χ3n) is 4.20.